The van der Waals surface area contributed by atoms with Crippen molar-refractivity contribution in [1.29, 1.82) is 0 Å². The molecule has 0 amide bonds. The molecular formula is C31H43N3S. The second-order valence-electron chi connectivity index (χ2n) is 12.8. The standard InChI is InChI=1S/C31H43N3S/c1-32(12-2-5-15-34-27-10-6-8-26-9-7-11-28(35-34)30(26)27)22-29(33-13-3-4-14-33)31-19-23-16-24(20-31)18-25(17-23)21-31/h6-11,23-25,29H,2-5,12-22H2,1H3. The van der Waals surface area contributed by atoms with E-state index in [1.807, 2.05) is 11.9 Å². The van der Waals surface area contributed by atoms with Crippen LogP contribution in [0.2, 0.25) is 0 Å². The monoisotopic (exact) mass is 489 g/mol. The molecule has 4 aliphatic carbocycles. The highest BCUT2D eigenvalue weighted by molar-refractivity contribution is 8.01. The molecule has 4 saturated carbocycles. The Balaban J connectivity index is 0.966. The Morgan fingerprint density at radius 3 is 2.34 bits per heavy atom. The van der Waals surface area contributed by atoms with Gasteiger partial charge in [-0.2, -0.15) is 0 Å². The van der Waals surface area contributed by atoms with Gasteiger partial charge in [-0.15, -0.1) is 0 Å². The van der Waals surface area contributed by atoms with Gasteiger partial charge in [0.25, 0.3) is 0 Å². The van der Waals surface area contributed by atoms with E-state index in [-0.39, 0.29) is 0 Å². The minimum absolute atomic E-state index is 0.643. The quantitative estimate of drug-likeness (QED) is 0.275. The molecule has 0 radical (unpaired) electrons. The summed E-state index contributed by atoms with van der Waals surface area (Å²) >= 11 is 1.95. The summed E-state index contributed by atoms with van der Waals surface area (Å²) in [5.41, 5.74) is 2.07. The van der Waals surface area contributed by atoms with Gasteiger partial charge in [0.1, 0.15) is 0 Å². The molecule has 6 aliphatic rings. The van der Waals surface area contributed by atoms with Gasteiger partial charge in [0.15, 0.2) is 0 Å². The molecule has 4 heteroatoms. The number of rotatable bonds is 9. The summed E-state index contributed by atoms with van der Waals surface area (Å²) in [6.45, 7) is 6.41. The maximum atomic E-state index is 2.95. The molecule has 2 heterocycles. The van der Waals surface area contributed by atoms with Crippen LogP contribution in [0.15, 0.2) is 41.3 Å². The van der Waals surface area contributed by atoms with Crippen LogP contribution in [0.1, 0.15) is 64.2 Å². The summed E-state index contributed by atoms with van der Waals surface area (Å²) in [7, 11) is 2.42. The first kappa shape index (κ1) is 22.9. The third-order valence-electron chi connectivity index (χ3n) is 10.3. The number of nitrogens with zero attached hydrogens (tertiary/aromatic N) is 3. The highest BCUT2D eigenvalue weighted by Gasteiger charge is 2.55. The van der Waals surface area contributed by atoms with Gasteiger partial charge in [-0.3, -0.25) is 4.90 Å². The average molecular weight is 490 g/mol. The van der Waals surface area contributed by atoms with E-state index in [9.17, 15) is 0 Å². The first-order chi connectivity index (χ1) is 17.2. The van der Waals surface area contributed by atoms with E-state index in [4.69, 9.17) is 0 Å². The molecule has 1 saturated heterocycles. The van der Waals surface area contributed by atoms with E-state index in [1.54, 1.807) is 38.5 Å². The van der Waals surface area contributed by atoms with Crippen molar-refractivity contribution in [2.24, 2.45) is 23.2 Å². The number of unbranched alkanes of at least 4 members (excludes halogenated alkanes) is 1. The third-order valence-corrected chi connectivity index (χ3v) is 11.5. The minimum atomic E-state index is 0.643. The molecule has 2 aromatic carbocycles. The van der Waals surface area contributed by atoms with E-state index in [1.165, 1.54) is 73.2 Å². The summed E-state index contributed by atoms with van der Waals surface area (Å²) in [6, 6.07) is 14.3. The first-order valence-electron chi connectivity index (χ1n) is 14.6. The van der Waals surface area contributed by atoms with Crippen molar-refractivity contribution in [2.75, 3.05) is 44.1 Å². The molecule has 1 atom stereocenters. The maximum Gasteiger partial charge on any atom is 0.0563 e. The van der Waals surface area contributed by atoms with E-state index in [2.05, 4.69) is 57.6 Å². The molecule has 188 valence electrons. The summed E-state index contributed by atoms with van der Waals surface area (Å²) < 4.78 is 2.54. The van der Waals surface area contributed by atoms with Crippen LogP contribution < -0.4 is 4.31 Å². The largest absolute Gasteiger partial charge is 0.311 e. The van der Waals surface area contributed by atoms with Gasteiger partial charge in [-0.25, -0.2) is 0 Å². The number of anilines is 1. The highest BCUT2D eigenvalue weighted by atomic mass is 32.2. The molecule has 0 aromatic heterocycles. The number of likely N-dealkylation sites (N-methyl/N-ethyl adjacent to an activating group) is 1. The van der Waals surface area contributed by atoms with Crippen molar-refractivity contribution < 1.29 is 0 Å². The lowest BCUT2D eigenvalue weighted by Crippen LogP contribution is -2.59. The molecule has 0 N–H and O–H groups in total. The van der Waals surface area contributed by atoms with Crippen LogP contribution in [0, 0.1) is 23.2 Å². The Bertz CT molecular complexity index is 1020. The van der Waals surface area contributed by atoms with Gasteiger partial charge in [-0.1, -0.05) is 24.3 Å². The Morgan fingerprint density at radius 1 is 0.943 bits per heavy atom. The van der Waals surface area contributed by atoms with Gasteiger partial charge in [0.05, 0.1) is 5.69 Å². The van der Waals surface area contributed by atoms with Crippen molar-refractivity contribution in [3.63, 3.8) is 0 Å². The number of likely N-dealkylation sites (tertiary alicyclic amines) is 1. The lowest BCUT2D eigenvalue weighted by Gasteiger charge is -2.61. The topological polar surface area (TPSA) is 9.72 Å². The Kier molecular flexibility index (Phi) is 6.07. The Hall–Kier alpha value is -1.23. The maximum absolute atomic E-state index is 2.95. The first-order valence-corrected chi connectivity index (χ1v) is 15.3. The van der Waals surface area contributed by atoms with Gasteiger partial charge in [0, 0.05) is 29.4 Å². The Morgan fingerprint density at radius 2 is 1.63 bits per heavy atom. The number of hydrogen-bond acceptors (Lipinski definition) is 4. The Labute approximate surface area is 216 Å². The van der Waals surface area contributed by atoms with Crippen LogP contribution in [0.4, 0.5) is 5.69 Å². The van der Waals surface area contributed by atoms with E-state index >= 15 is 0 Å². The molecule has 3 nitrogen and oxygen atoms in total. The molecule has 5 fully saturated rings. The van der Waals surface area contributed by atoms with E-state index in [0.29, 0.717) is 5.41 Å². The van der Waals surface area contributed by atoms with Crippen LogP contribution in [-0.2, 0) is 0 Å². The SMILES string of the molecule is CN(CCCCN1Sc2cccc3cccc1c23)CC(N1CCCC1)C12CC3CC(CC(C3)C1)C2. The van der Waals surface area contributed by atoms with Crippen LogP contribution in [0.3, 0.4) is 0 Å². The zero-order valence-corrected chi connectivity index (χ0v) is 22.4. The van der Waals surface area contributed by atoms with Gasteiger partial charge in [0.2, 0.25) is 0 Å². The van der Waals surface area contributed by atoms with E-state index < -0.39 is 0 Å². The third kappa shape index (κ3) is 4.22. The van der Waals surface area contributed by atoms with Crippen molar-refractivity contribution >= 4 is 28.4 Å². The number of benzene rings is 2. The fourth-order valence-corrected chi connectivity index (χ4v) is 10.4. The molecule has 2 aliphatic heterocycles. The highest BCUT2D eigenvalue weighted by Crippen LogP contribution is 2.62. The fourth-order valence-electron chi connectivity index (χ4n) is 9.26. The van der Waals surface area contributed by atoms with Gasteiger partial charge < -0.3 is 9.21 Å². The lowest BCUT2D eigenvalue weighted by atomic mass is 9.47. The van der Waals surface area contributed by atoms with Crippen LogP contribution in [-0.4, -0.2) is 55.6 Å². The van der Waals surface area contributed by atoms with E-state index in [0.717, 1.165) is 30.3 Å². The zero-order chi connectivity index (χ0) is 23.4. The zero-order valence-electron chi connectivity index (χ0n) is 21.6. The van der Waals surface area contributed by atoms with Crippen molar-refractivity contribution in [3.05, 3.63) is 36.4 Å². The summed E-state index contributed by atoms with van der Waals surface area (Å²) in [6.07, 6.45) is 14.8. The van der Waals surface area contributed by atoms with Crippen molar-refractivity contribution in [1.82, 2.24) is 9.80 Å². The normalized spacial score (nSPS) is 32.4. The van der Waals surface area contributed by atoms with Crippen LogP contribution in [0.25, 0.3) is 10.8 Å². The van der Waals surface area contributed by atoms with Crippen LogP contribution in [0.5, 0.6) is 0 Å². The molecule has 8 rings (SSSR count). The lowest BCUT2D eigenvalue weighted by molar-refractivity contribution is -0.103. The van der Waals surface area contributed by atoms with Gasteiger partial charge >= 0.3 is 0 Å². The summed E-state index contributed by atoms with van der Waals surface area (Å²) in [5.74, 6) is 3.18. The fraction of sp³-hybridized carbons (Fsp3) is 0.677. The van der Waals surface area contributed by atoms with Crippen molar-refractivity contribution in [3.8, 4) is 0 Å². The molecule has 0 spiro atoms. The second-order valence-corrected chi connectivity index (χ2v) is 13.9. The van der Waals surface area contributed by atoms with Crippen molar-refractivity contribution in [2.45, 2.75) is 75.1 Å². The second kappa shape index (κ2) is 9.26. The van der Waals surface area contributed by atoms with Gasteiger partial charge in [-0.05, 0) is 144 Å². The molecule has 2 aromatic rings. The summed E-state index contributed by atoms with van der Waals surface area (Å²) in [5, 5.41) is 2.84. The molecule has 1 unspecified atom stereocenters. The molecular weight excluding hydrogens is 446 g/mol. The predicted molar refractivity (Wildman–Crippen MR) is 149 cm³/mol. The minimum Gasteiger partial charge on any atom is -0.311 e. The average Bonchev–Trinajstić information content (AvgIpc) is 3.49. The molecule has 4 bridgehead atoms. The molecule has 35 heavy (non-hydrogen) atoms. The summed E-state index contributed by atoms with van der Waals surface area (Å²) in [4.78, 5) is 7.09. The van der Waals surface area contributed by atoms with Crippen LogP contribution >= 0.6 is 11.9 Å². The smallest absolute Gasteiger partial charge is 0.0563 e. The number of hydrogen-bond donors (Lipinski definition) is 0. The predicted octanol–water partition coefficient (Wildman–Crippen LogP) is 7.06.